The minimum Gasteiger partial charge on any atom is -0.495 e. The molecular formula is C36H40Cl2N4O8S2. The summed E-state index contributed by atoms with van der Waals surface area (Å²) in [4.78, 5) is 26.6. The lowest BCUT2D eigenvalue weighted by Gasteiger charge is -2.19. The van der Waals surface area contributed by atoms with E-state index in [9.17, 15) is 26.4 Å². The Balaban J connectivity index is 1.59. The SMILES string of the molecule is CCN(CC)S(=O)(=O)c1ccc(Cl)c(C(=O)Nc2ccc(-c3ccc(NC(=O)c4cc(S(=O)(=O)N(CC)CC)ccc4Cl)c(OC)c3)cc2OC)c1. The van der Waals surface area contributed by atoms with Gasteiger partial charge in [-0.3, -0.25) is 9.59 Å². The first-order chi connectivity index (χ1) is 24.7. The van der Waals surface area contributed by atoms with Crippen molar-refractivity contribution >= 4 is 66.4 Å². The molecule has 0 unspecified atom stereocenters. The molecule has 0 fully saturated rings. The number of methoxy groups -OCH3 is 2. The number of anilines is 2. The lowest BCUT2D eigenvalue weighted by atomic mass is 10.0. The minimum absolute atomic E-state index is 0.0260. The largest absolute Gasteiger partial charge is 0.495 e. The molecule has 0 saturated carbocycles. The molecule has 0 saturated heterocycles. The molecule has 12 nitrogen and oxygen atoms in total. The topological polar surface area (TPSA) is 151 Å². The predicted molar refractivity (Wildman–Crippen MR) is 204 cm³/mol. The Kier molecular flexibility index (Phi) is 13.3. The highest BCUT2D eigenvalue weighted by molar-refractivity contribution is 7.89. The van der Waals surface area contributed by atoms with E-state index in [1.165, 1.54) is 59.2 Å². The fourth-order valence-corrected chi connectivity index (χ4v) is 8.81. The molecule has 2 N–H and O–H groups in total. The quantitative estimate of drug-likeness (QED) is 0.128. The second-order valence-electron chi connectivity index (χ2n) is 11.2. The fraction of sp³-hybridized carbons (Fsp3) is 0.278. The van der Waals surface area contributed by atoms with Gasteiger partial charge in [0.05, 0.1) is 56.6 Å². The molecule has 2 amide bonds. The number of rotatable bonds is 15. The summed E-state index contributed by atoms with van der Waals surface area (Å²) in [6.45, 7) is 7.99. The smallest absolute Gasteiger partial charge is 0.257 e. The molecule has 52 heavy (non-hydrogen) atoms. The van der Waals surface area contributed by atoms with Gasteiger partial charge in [-0.1, -0.05) is 63.0 Å². The standard InChI is InChI=1S/C36H40Cl2N4O8S2/c1-7-41(8-2)51(45,46)25-13-15-29(37)27(21-25)35(43)39-31-17-11-23(19-33(31)49-5)24-12-18-32(34(20-24)50-6)40-36(44)28-22-26(14-16-30(28)38)52(47,48)42(9-3)10-4/h11-22H,7-10H2,1-6H3,(H,39,43)(H,40,44). The van der Waals surface area contributed by atoms with E-state index >= 15 is 0 Å². The minimum atomic E-state index is -3.83. The van der Waals surface area contributed by atoms with Gasteiger partial charge in [-0.2, -0.15) is 8.61 Å². The van der Waals surface area contributed by atoms with Gasteiger partial charge in [0.2, 0.25) is 20.0 Å². The van der Waals surface area contributed by atoms with E-state index in [-0.39, 0.29) is 57.1 Å². The maximum absolute atomic E-state index is 13.4. The van der Waals surface area contributed by atoms with Crippen molar-refractivity contribution in [3.05, 3.63) is 94.0 Å². The zero-order valence-electron chi connectivity index (χ0n) is 29.5. The summed E-state index contributed by atoms with van der Waals surface area (Å²) in [5.41, 5.74) is 1.91. The summed E-state index contributed by atoms with van der Waals surface area (Å²) in [6, 6.07) is 18.1. The molecular weight excluding hydrogens is 751 g/mol. The molecule has 278 valence electrons. The zero-order chi connectivity index (χ0) is 38.4. The number of carbonyl (C=O) groups excluding carboxylic acids is 2. The average Bonchev–Trinajstić information content (AvgIpc) is 3.12. The van der Waals surface area contributed by atoms with Crippen LogP contribution in [0.3, 0.4) is 0 Å². The summed E-state index contributed by atoms with van der Waals surface area (Å²) in [6.07, 6.45) is 0. The molecule has 0 atom stereocenters. The van der Waals surface area contributed by atoms with Crippen molar-refractivity contribution in [3.63, 3.8) is 0 Å². The monoisotopic (exact) mass is 790 g/mol. The Morgan fingerprint density at radius 3 is 1.23 bits per heavy atom. The third-order valence-electron chi connectivity index (χ3n) is 8.28. The van der Waals surface area contributed by atoms with E-state index < -0.39 is 31.9 Å². The summed E-state index contributed by atoms with van der Waals surface area (Å²) in [5.74, 6) is -0.657. The maximum Gasteiger partial charge on any atom is 0.257 e. The van der Waals surface area contributed by atoms with Crippen LogP contribution in [0.4, 0.5) is 11.4 Å². The first kappa shape index (κ1) is 40.6. The van der Waals surface area contributed by atoms with E-state index in [2.05, 4.69) is 10.6 Å². The molecule has 4 aromatic rings. The summed E-state index contributed by atoms with van der Waals surface area (Å²) in [7, 11) is -4.79. The molecule has 0 spiro atoms. The predicted octanol–water partition coefficient (Wildman–Crippen LogP) is 7.24. The first-order valence-corrected chi connectivity index (χ1v) is 19.9. The van der Waals surface area contributed by atoms with Crippen molar-refractivity contribution in [1.29, 1.82) is 0 Å². The summed E-state index contributed by atoms with van der Waals surface area (Å²) < 4.78 is 66.0. The number of nitrogens with one attached hydrogen (secondary N) is 2. The number of hydrogen-bond donors (Lipinski definition) is 2. The van der Waals surface area contributed by atoms with E-state index in [0.717, 1.165) is 0 Å². The van der Waals surface area contributed by atoms with Crippen molar-refractivity contribution < 1.29 is 35.9 Å². The first-order valence-electron chi connectivity index (χ1n) is 16.2. The number of ether oxygens (including phenoxy) is 2. The number of halogens is 2. The van der Waals surface area contributed by atoms with Crippen molar-refractivity contribution in [2.75, 3.05) is 51.0 Å². The van der Waals surface area contributed by atoms with Gasteiger partial charge in [0, 0.05) is 26.2 Å². The second-order valence-corrected chi connectivity index (χ2v) is 15.9. The highest BCUT2D eigenvalue weighted by atomic mass is 35.5. The van der Waals surface area contributed by atoms with Crippen LogP contribution in [0.5, 0.6) is 11.5 Å². The van der Waals surface area contributed by atoms with Gasteiger partial charge in [0.15, 0.2) is 0 Å². The summed E-state index contributed by atoms with van der Waals surface area (Å²) >= 11 is 12.7. The van der Waals surface area contributed by atoms with E-state index in [0.29, 0.717) is 34.0 Å². The molecule has 0 aliphatic heterocycles. The number of benzene rings is 4. The van der Waals surface area contributed by atoms with Crippen LogP contribution in [0.2, 0.25) is 10.0 Å². The number of sulfonamides is 2. The Labute approximate surface area is 314 Å². The third kappa shape index (κ3) is 8.54. The normalized spacial score (nSPS) is 11.8. The van der Waals surface area contributed by atoms with Gasteiger partial charge in [0.1, 0.15) is 11.5 Å². The van der Waals surface area contributed by atoms with E-state index in [1.54, 1.807) is 64.1 Å². The molecule has 4 aromatic carbocycles. The Morgan fingerprint density at radius 2 is 0.923 bits per heavy atom. The molecule has 0 aromatic heterocycles. The van der Waals surface area contributed by atoms with E-state index in [4.69, 9.17) is 32.7 Å². The number of amides is 2. The van der Waals surface area contributed by atoms with Gasteiger partial charge < -0.3 is 20.1 Å². The number of nitrogens with zero attached hydrogens (tertiary/aromatic N) is 2. The van der Waals surface area contributed by atoms with Crippen LogP contribution in [0, 0.1) is 0 Å². The lowest BCUT2D eigenvalue weighted by molar-refractivity contribution is 0.101. The van der Waals surface area contributed by atoms with Crippen LogP contribution in [0.25, 0.3) is 11.1 Å². The van der Waals surface area contributed by atoms with Crippen LogP contribution in [-0.2, 0) is 20.0 Å². The molecule has 16 heteroatoms. The van der Waals surface area contributed by atoms with E-state index in [1.807, 2.05) is 0 Å². The van der Waals surface area contributed by atoms with Gasteiger partial charge in [-0.15, -0.1) is 0 Å². The Morgan fingerprint density at radius 1 is 0.577 bits per heavy atom. The van der Waals surface area contributed by atoms with Crippen LogP contribution in [0.1, 0.15) is 48.4 Å². The molecule has 0 aliphatic rings. The van der Waals surface area contributed by atoms with Crippen molar-refractivity contribution in [1.82, 2.24) is 8.61 Å². The third-order valence-corrected chi connectivity index (χ3v) is 13.0. The van der Waals surface area contributed by atoms with Crippen molar-refractivity contribution in [2.45, 2.75) is 37.5 Å². The van der Waals surface area contributed by atoms with Crippen LogP contribution in [-0.4, -0.2) is 77.7 Å². The number of carbonyl (C=O) groups is 2. The molecule has 0 aliphatic carbocycles. The average molecular weight is 792 g/mol. The highest BCUT2D eigenvalue weighted by Gasteiger charge is 2.26. The Bertz CT molecular complexity index is 2040. The summed E-state index contributed by atoms with van der Waals surface area (Å²) in [5, 5.41) is 5.65. The molecule has 0 heterocycles. The van der Waals surface area contributed by atoms with Crippen LogP contribution < -0.4 is 20.1 Å². The van der Waals surface area contributed by atoms with Crippen LogP contribution in [0.15, 0.2) is 82.6 Å². The van der Waals surface area contributed by atoms with Crippen molar-refractivity contribution in [3.8, 4) is 22.6 Å². The second kappa shape index (κ2) is 17.1. The maximum atomic E-state index is 13.4. The van der Waals surface area contributed by atoms with Crippen LogP contribution >= 0.6 is 23.2 Å². The molecule has 0 radical (unpaired) electrons. The zero-order valence-corrected chi connectivity index (χ0v) is 32.6. The Hall–Kier alpha value is -4.18. The van der Waals surface area contributed by atoms with Gasteiger partial charge in [-0.25, -0.2) is 16.8 Å². The molecule has 4 rings (SSSR count). The molecule has 0 bridgehead atoms. The van der Waals surface area contributed by atoms with Gasteiger partial charge in [-0.05, 0) is 71.8 Å². The highest BCUT2D eigenvalue weighted by Crippen LogP contribution is 2.36. The van der Waals surface area contributed by atoms with Crippen molar-refractivity contribution in [2.24, 2.45) is 0 Å². The van der Waals surface area contributed by atoms with Gasteiger partial charge in [0.25, 0.3) is 11.8 Å². The van der Waals surface area contributed by atoms with Gasteiger partial charge >= 0.3 is 0 Å². The number of hydrogen-bond acceptors (Lipinski definition) is 8. The lowest BCUT2D eigenvalue weighted by Crippen LogP contribution is -2.30. The fourth-order valence-electron chi connectivity index (χ4n) is 5.43.